The molecule has 0 saturated heterocycles. The Labute approximate surface area is 177 Å². The van der Waals surface area contributed by atoms with Gasteiger partial charge in [0, 0.05) is 18.7 Å². The van der Waals surface area contributed by atoms with Crippen LogP contribution in [0.3, 0.4) is 0 Å². The Morgan fingerprint density at radius 2 is 1.81 bits per heavy atom. The number of guanidine groups is 1. The lowest BCUT2D eigenvalue weighted by Crippen LogP contribution is -2.39. The number of aliphatic hydroxyl groups is 1. The van der Waals surface area contributed by atoms with Gasteiger partial charge >= 0.3 is 0 Å². The van der Waals surface area contributed by atoms with Crippen molar-refractivity contribution in [3.8, 4) is 0 Å². The third kappa shape index (κ3) is 8.68. The van der Waals surface area contributed by atoms with Gasteiger partial charge in [-0.3, -0.25) is 4.99 Å². The molecule has 7 heteroatoms. The van der Waals surface area contributed by atoms with Crippen LogP contribution in [0.4, 0.5) is 4.39 Å². The van der Waals surface area contributed by atoms with E-state index in [1.54, 1.807) is 18.2 Å². The molecule has 0 aliphatic rings. The van der Waals surface area contributed by atoms with Crippen LogP contribution in [-0.4, -0.2) is 37.3 Å². The highest BCUT2D eigenvalue weighted by Gasteiger charge is 2.11. The summed E-state index contributed by atoms with van der Waals surface area (Å²) in [5, 5.41) is 16.4. The van der Waals surface area contributed by atoms with Crippen molar-refractivity contribution in [3.63, 3.8) is 0 Å². The summed E-state index contributed by atoms with van der Waals surface area (Å²) in [6, 6.07) is 16.1. The number of hydrogen-bond donors (Lipinski definition) is 3. The smallest absolute Gasteiger partial charge is 0.191 e. The topological polar surface area (TPSA) is 65.9 Å². The molecule has 3 N–H and O–H groups in total. The Morgan fingerprint density at radius 3 is 2.52 bits per heavy atom. The normalized spacial score (nSPS) is 12.2. The van der Waals surface area contributed by atoms with Crippen LogP contribution in [-0.2, 0) is 11.3 Å². The van der Waals surface area contributed by atoms with Gasteiger partial charge < -0.3 is 20.5 Å². The summed E-state index contributed by atoms with van der Waals surface area (Å²) >= 11 is 0. The SMILES string of the molecule is CCNC(=NCC(O)c1ccccc1F)NCCOCc1ccccc1.I. The molecule has 0 aliphatic heterocycles. The van der Waals surface area contributed by atoms with Gasteiger partial charge in [-0.25, -0.2) is 4.39 Å². The maximum absolute atomic E-state index is 13.7. The third-order valence-corrected chi connectivity index (χ3v) is 3.68. The van der Waals surface area contributed by atoms with E-state index in [-0.39, 0.29) is 36.1 Å². The van der Waals surface area contributed by atoms with E-state index in [2.05, 4.69) is 15.6 Å². The van der Waals surface area contributed by atoms with Crippen LogP contribution in [0.1, 0.15) is 24.2 Å². The van der Waals surface area contributed by atoms with E-state index in [4.69, 9.17) is 4.74 Å². The predicted molar refractivity (Wildman–Crippen MR) is 117 cm³/mol. The van der Waals surface area contributed by atoms with Crippen molar-refractivity contribution in [2.24, 2.45) is 4.99 Å². The van der Waals surface area contributed by atoms with Crippen molar-refractivity contribution >= 4 is 29.9 Å². The first-order chi connectivity index (χ1) is 12.7. The van der Waals surface area contributed by atoms with E-state index < -0.39 is 11.9 Å². The average molecular weight is 487 g/mol. The van der Waals surface area contributed by atoms with Gasteiger partial charge in [0.2, 0.25) is 0 Å². The summed E-state index contributed by atoms with van der Waals surface area (Å²) in [5.74, 6) is 0.133. The number of halogens is 2. The number of nitrogens with zero attached hydrogens (tertiary/aromatic N) is 1. The van der Waals surface area contributed by atoms with E-state index in [0.717, 1.165) is 5.56 Å². The molecule has 0 bridgehead atoms. The van der Waals surface area contributed by atoms with Crippen molar-refractivity contribution < 1.29 is 14.2 Å². The van der Waals surface area contributed by atoms with E-state index in [1.807, 2.05) is 37.3 Å². The summed E-state index contributed by atoms with van der Waals surface area (Å²) in [5.41, 5.74) is 1.37. The van der Waals surface area contributed by atoms with E-state index in [0.29, 0.717) is 32.3 Å². The van der Waals surface area contributed by atoms with Gasteiger partial charge in [-0.15, -0.1) is 24.0 Å². The second-order valence-electron chi connectivity index (χ2n) is 5.72. The molecular formula is C20H27FIN3O2. The van der Waals surface area contributed by atoms with Crippen molar-refractivity contribution in [2.45, 2.75) is 19.6 Å². The molecule has 0 heterocycles. The highest BCUT2D eigenvalue weighted by Crippen LogP contribution is 2.16. The molecule has 0 amide bonds. The minimum absolute atomic E-state index is 0. The molecule has 0 saturated carbocycles. The van der Waals surface area contributed by atoms with Crippen molar-refractivity contribution in [3.05, 3.63) is 71.5 Å². The first kappa shape index (κ1) is 23.3. The Morgan fingerprint density at radius 1 is 1.11 bits per heavy atom. The zero-order valence-corrected chi connectivity index (χ0v) is 17.7. The van der Waals surface area contributed by atoms with Gasteiger partial charge in [-0.1, -0.05) is 48.5 Å². The summed E-state index contributed by atoms with van der Waals surface area (Å²) in [4.78, 5) is 4.31. The standard InChI is InChI=1S/C20H26FN3O2.HI/c1-2-22-20(23-12-13-26-15-16-8-4-3-5-9-16)24-14-19(25)17-10-6-7-11-18(17)21;/h3-11,19,25H,2,12-15H2,1H3,(H2,22,23,24);1H. The molecule has 0 fully saturated rings. The molecule has 0 aliphatic carbocycles. The number of aliphatic hydroxyl groups excluding tert-OH is 1. The van der Waals surface area contributed by atoms with Crippen molar-refractivity contribution in [2.75, 3.05) is 26.2 Å². The average Bonchev–Trinajstić information content (AvgIpc) is 2.66. The van der Waals surface area contributed by atoms with Crippen LogP contribution in [0.25, 0.3) is 0 Å². The molecule has 0 radical (unpaired) electrons. The maximum Gasteiger partial charge on any atom is 0.191 e. The monoisotopic (exact) mass is 487 g/mol. The fourth-order valence-corrected chi connectivity index (χ4v) is 2.37. The fraction of sp³-hybridized carbons (Fsp3) is 0.350. The molecule has 2 aromatic carbocycles. The summed E-state index contributed by atoms with van der Waals surface area (Å²) in [6.45, 7) is 4.37. The van der Waals surface area contributed by atoms with E-state index in [1.165, 1.54) is 6.07 Å². The number of rotatable bonds is 9. The minimum atomic E-state index is -0.985. The van der Waals surface area contributed by atoms with Gasteiger partial charge in [0.25, 0.3) is 0 Å². The number of aliphatic imine (C=N–C) groups is 1. The van der Waals surface area contributed by atoms with E-state index >= 15 is 0 Å². The van der Waals surface area contributed by atoms with Gasteiger partial charge in [-0.2, -0.15) is 0 Å². The minimum Gasteiger partial charge on any atom is -0.386 e. The van der Waals surface area contributed by atoms with Gasteiger partial charge in [-0.05, 0) is 18.6 Å². The first-order valence-electron chi connectivity index (χ1n) is 8.77. The Kier molecular flexibility index (Phi) is 11.6. The van der Waals surface area contributed by atoms with Crippen LogP contribution < -0.4 is 10.6 Å². The molecule has 2 rings (SSSR count). The molecule has 0 aromatic heterocycles. The zero-order valence-electron chi connectivity index (χ0n) is 15.4. The molecule has 27 heavy (non-hydrogen) atoms. The van der Waals surface area contributed by atoms with Crippen LogP contribution in [0.15, 0.2) is 59.6 Å². The molecule has 1 unspecified atom stereocenters. The summed E-state index contributed by atoms with van der Waals surface area (Å²) in [7, 11) is 0. The molecular weight excluding hydrogens is 460 g/mol. The Bertz CT molecular complexity index is 686. The Hall–Kier alpha value is -1.71. The molecule has 1 atom stereocenters. The van der Waals surface area contributed by atoms with E-state index in [9.17, 15) is 9.50 Å². The molecule has 5 nitrogen and oxygen atoms in total. The lowest BCUT2D eigenvalue weighted by atomic mass is 10.1. The van der Waals surface area contributed by atoms with Crippen molar-refractivity contribution in [1.29, 1.82) is 0 Å². The molecule has 148 valence electrons. The van der Waals surface area contributed by atoms with Crippen LogP contribution in [0, 0.1) is 5.82 Å². The van der Waals surface area contributed by atoms with Crippen LogP contribution >= 0.6 is 24.0 Å². The van der Waals surface area contributed by atoms with Gasteiger partial charge in [0.05, 0.1) is 19.8 Å². The van der Waals surface area contributed by atoms with Crippen LogP contribution in [0.2, 0.25) is 0 Å². The number of hydrogen-bond acceptors (Lipinski definition) is 3. The lowest BCUT2D eigenvalue weighted by Gasteiger charge is -2.14. The highest BCUT2D eigenvalue weighted by atomic mass is 127. The predicted octanol–water partition coefficient (Wildman–Crippen LogP) is 3.25. The van der Waals surface area contributed by atoms with Crippen molar-refractivity contribution in [1.82, 2.24) is 10.6 Å². The molecule has 0 spiro atoms. The molecule has 2 aromatic rings. The quantitative estimate of drug-likeness (QED) is 0.220. The van der Waals surface area contributed by atoms with Gasteiger partial charge in [0.15, 0.2) is 5.96 Å². The first-order valence-corrected chi connectivity index (χ1v) is 8.77. The second kappa shape index (κ2) is 13.5. The second-order valence-corrected chi connectivity index (χ2v) is 5.72. The summed E-state index contributed by atoms with van der Waals surface area (Å²) in [6.07, 6.45) is -0.985. The third-order valence-electron chi connectivity index (χ3n) is 3.68. The lowest BCUT2D eigenvalue weighted by molar-refractivity contribution is 0.125. The Balaban J connectivity index is 0.00000364. The zero-order chi connectivity index (χ0) is 18.6. The number of benzene rings is 2. The highest BCUT2D eigenvalue weighted by molar-refractivity contribution is 14.0. The maximum atomic E-state index is 13.7. The fourth-order valence-electron chi connectivity index (χ4n) is 2.37. The van der Waals surface area contributed by atoms with Gasteiger partial charge in [0.1, 0.15) is 11.9 Å². The van der Waals surface area contributed by atoms with Crippen LogP contribution in [0.5, 0.6) is 0 Å². The summed E-state index contributed by atoms with van der Waals surface area (Å²) < 4.78 is 19.3. The number of nitrogens with one attached hydrogen (secondary N) is 2. The largest absolute Gasteiger partial charge is 0.386 e. The number of ether oxygens (including phenoxy) is 1.